The van der Waals surface area contributed by atoms with Gasteiger partial charge < -0.3 is 14.2 Å². The lowest BCUT2D eigenvalue weighted by molar-refractivity contribution is -0.0500. The molecule has 2 aromatic heterocycles. The predicted octanol–water partition coefficient (Wildman–Crippen LogP) is 6.31. The highest BCUT2D eigenvalue weighted by molar-refractivity contribution is 7.88. The highest BCUT2D eigenvalue weighted by Gasteiger charge is 2.49. The van der Waals surface area contributed by atoms with Crippen LogP contribution in [-0.4, -0.2) is 49.4 Å². The fourth-order valence-corrected chi connectivity index (χ4v) is 6.33. The molecule has 6 aromatic rings. The molecule has 306 valence electrons. The Morgan fingerprint density at radius 2 is 1.07 bits per heavy atom. The molecule has 0 amide bonds. The van der Waals surface area contributed by atoms with Crippen LogP contribution in [0.5, 0.6) is 5.75 Å². The third kappa shape index (κ3) is 10.2. The number of rotatable bonds is 6. The van der Waals surface area contributed by atoms with Crippen LogP contribution in [0.4, 0.5) is 22.0 Å². The summed E-state index contributed by atoms with van der Waals surface area (Å²) < 4.78 is 98.0. The molecule has 0 bridgehead atoms. The van der Waals surface area contributed by atoms with Gasteiger partial charge in [0.25, 0.3) is 0 Å². The Morgan fingerprint density at radius 1 is 0.649 bits per heavy atom. The van der Waals surface area contributed by atoms with E-state index < -0.39 is 40.0 Å². The van der Waals surface area contributed by atoms with E-state index in [1.807, 2.05) is 63.2 Å². The zero-order valence-electron chi connectivity index (χ0n) is 32.6. The molecular weight excluding hydrogens is 774 g/mol. The summed E-state index contributed by atoms with van der Waals surface area (Å²) in [5.41, 5.74) is -4.22. The minimum atomic E-state index is -6.02. The van der Waals surface area contributed by atoms with Crippen molar-refractivity contribution >= 4 is 44.8 Å². The van der Waals surface area contributed by atoms with Crippen LogP contribution in [0.15, 0.2) is 94.5 Å². The lowest BCUT2D eigenvalue weighted by atomic mass is 9.81. The number of imidazole rings is 2. The molecule has 18 heteroatoms. The monoisotopic (exact) mass is 818 g/mol. The summed E-state index contributed by atoms with van der Waals surface area (Å²) in [7, 11) is -4.50. The predicted molar refractivity (Wildman–Crippen MR) is 210 cm³/mol. The number of fused-ring (bicyclic) bond motifs is 2. The van der Waals surface area contributed by atoms with Crippen molar-refractivity contribution in [1.29, 1.82) is 0 Å². The maximum atomic E-state index is 15.1. The SMILES string of the molecule is Cn1c(=O)n(CC(C)(C)C)c2ccc(-c3ccccc3)c(F)c21.Cn1c(=O)n(CC(C)(C)C)c2ccc(OS(=O)(=O)C(F)(F)F)c(F)c21.OB(O)c1ccccc1. The second kappa shape index (κ2) is 16.7. The smallest absolute Gasteiger partial charge is 0.423 e. The van der Waals surface area contributed by atoms with E-state index in [0.29, 0.717) is 28.6 Å². The van der Waals surface area contributed by atoms with E-state index in [-0.39, 0.29) is 39.9 Å². The standard InChI is InChI=1S/C19H21FN2O.C14H16F4N2O4S.C6H7BO2/c1-19(2,3)12-22-15-11-10-14(13-8-6-5-7-9-13)16(20)17(15)21(4)18(22)23;1-13(2,3)7-20-8-5-6-9(24-25(22,23)14(16,17)18)10(15)11(8)19(4)12(20)21;8-7(9)6-4-2-1-3-5-6/h5-11H,12H2,1-4H3;5-6H,7H2,1-4H3;1-5,8-9H. The Bertz CT molecular complexity index is 2590. The first-order valence-electron chi connectivity index (χ1n) is 17.5. The van der Waals surface area contributed by atoms with Gasteiger partial charge in [0.2, 0.25) is 0 Å². The summed E-state index contributed by atoms with van der Waals surface area (Å²) in [6, 6.07) is 23.5. The number of aryl methyl sites for hydroxylation is 2. The first-order valence-corrected chi connectivity index (χ1v) is 18.9. The Morgan fingerprint density at radius 3 is 1.47 bits per heavy atom. The van der Waals surface area contributed by atoms with Crippen molar-refractivity contribution in [2.75, 3.05) is 0 Å². The highest BCUT2D eigenvalue weighted by atomic mass is 32.2. The molecule has 0 atom stereocenters. The molecule has 0 aliphatic carbocycles. The molecule has 0 fully saturated rings. The van der Waals surface area contributed by atoms with Crippen molar-refractivity contribution in [3.63, 3.8) is 0 Å². The van der Waals surface area contributed by atoms with Gasteiger partial charge >= 0.3 is 34.1 Å². The third-order valence-corrected chi connectivity index (χ3v) is 9.34. The van der Waals surface area contributed by atoms with Crippen molar-refractivity contribution in [2.45, 2.75) is 60.1 Å². The Labute approximate surface area is 326 Å². The van der Waals surface area contributed by atoms with Crippen LogP contribution in [0.3, 0.4) is 0 Å². The van der Waals surface area contributed by atoms with Crippen LogP contribution >= 0.6 is 0 Å². The summed E-state index contributed by atoms with van der Waals surface area (Å²) >= 11 is 0. The lowest BCUT2D eigenvalue weighted by Crippen LogP contribution is -2.29. The van der Waals surface area contributed by atoms with Gasteiger partial charge in [0.15, 0.2) is 17.4 Å². The van der Waals surface area contributed by atoms with Crippen LogP contribution in [0.1, 0.15) is 41.5 Å². The zero-order chi connectivity index (χ0) is 42.8. The largest absolute Gasteiger partial charge is 0.534 e. The number of aromatic nitrogens is 4. The van der Waals surface area contributed by atoms with Gasteiger partial charge in [-0.25, -0.2) is 18.4 Å². The van der Waals surface area contributed by atoms with Gasteiger partial charge in [-0.2, -0.15) is 21.6 Å². The van der Waals surface area contributed by atoms with E-state index in [1.54, 1.807) is 41.9 Å². The quantitative estimate of drug-likeness (QED) is 0.0870. The Hall–Kier alpha value is -5.20. The Balaban J connectivity index is 0.000000208. The van der Waals surface area contributed by atoms with Gasteiger partial charge in [-0.05, 0) is 46.1 Å². The minimum absolute atomic E-state index is 0.0628. The van der Waals surface area contributed by atoms with E-state index >= 15 is 4.39 Å². The van der Waals surface area contributed by atoms with E-state index in [2.05, 4.69) is 25.0 Å². The molecular formula is C39H44BF5N4O7S. The van der Waals surface area contributed by atoms with Crippen LogP contribution in [0.2, 0.25) is 0 Å². The fraction of sp³-hybridized carbons (Fsp3) is 0.333. The van der Waals surface area contributed by atoms with Gasteiger partial charge in [0.05, 0.1) is 11.0 Å². The minimum Gasteiger partial charge on any atom is -0.423 e. The molecule has 2 N–H and O–H groups in total. The first kappa shape index (κ1) is 44.5. The normalized spacial score (nSPS) is 12.2. The number of hydrogen-bond acceptors (Lipinski definition) is 7. The van der Waals surface area contributed by atoms with E-state index in [0.717, 1.165) is 22.3 Å². The number of alkyl halides is 3. The molecule has 4 aromatic carbocycles. The maximum Gasteiger partial charge on any atom is 0.534 e. The fourth-order valence-electron chi connectivity index (χ4n) is 5.87. The maximum absolute atomic E-state index is 15.1. The van der Waals surface area contributed by atoms with Crippen molar-refractivity contribution in [3.8, 4) is 16.9 Å². The average molecular weight is 819 g/mol. The highest BCUT2D eigenvalue weighted by Crippen LogP contribution is 2.33. The second-order valence-electron chi connectivity index (χ2n) is 15.7. The molecule has 0 aliphatic rings. The molecule has 0 spiro atoms. The number of nitrogens with zero attached hydrogens (tertiary/aromatic N) is 4. The number of halogens is 5. The van der Waals surface area contributed by atoms with E-state index in [1.165, 1.54) is 16.2 Å². The van der Waals surface area contributed by atoms with E-state index in [4.69, 9.17) is 10.0 Å². The molecule has 0 radical (unpaired) electrons. The van der Waals surface area contributed by atoms with Gasteiger partial charge in [-0.15, -0.1) is 0 Å². The molecule has 2 heterocycles. The van der Waals surface area contributed by atoms with Crippen LogP contribution in [0, 0.1) is 22.5 Å². The topological polar surface area (TPSA) is 138 Å². The molecule has 0 saturated carbocycles. The first-order chi connectivity index (χ1) is 26.3. The van der Waals surface area contributed by atoms with Crippen LogP contribution in [-0.2, 0) is 37.3 Å². The molecule has 6 rings (SSSR count). The average Bonchev–Trinajstić information content (AvgIpc) is 3.49. The van der Waals surface area contributed by atoms with Crippen molar-refractivity contribution in [1.82, 2.24) is 18.3 Å². The summed E-state index contributed by atoms with van der Waals surface area (Å²) in [4.78, 5) is 24.8. The molecule has 0 unspecified atom stereocenters. The van der Waals surface area contributed by atoms with Gasteiger partial charge in [-0.3, -0.25) is 18.3 Å². The summed E-state index contributed by atoms with van der Waals surface area (Å²) in [5.74, 6) is -2.84. The van der Waals surface area contributed by atoms with Crippen LogP contribution < -0.4 is 21.0 Å². The van der Waals surface area contributed by atoms with Crippen LogP contribution in [0.25, 0.3) is 33.2 Å². The number of benzene rings is 4. The van der Waals surface area contributed by atoms with Gasteiger partial charge in [-0.1, -0.05) is 102 Å². The summed E-state index contributed by atoms with van der Waals surface area (Å²) in [6.45, 7) is 12.5. The molecule has 0 aliphatic heterocycles. The molecule has 11 nitrogen and oxygen atoms in total. The Kier molecular flexibility index (Phi) is 13.1. The summed E-state index contributed by atoms with van der Waals surface area (Å²) in [6.07, 6.45) is 0. The lowest BCUT2D eigenvalue weighted by Gasteiger charge is -2.18. The van der Waals surface area contributed by atoms with Crippen molar-refractivity contribution in [3.05, 3.63) is 118 Å². The van der Waals surface area contributed by atoms with Crippen molar-refractivity contribution < 1.29 is 44.6 Å². The summed E-state index contributed by atoms with van der Waals surface area (Å²) in [5, 5.41) is 17.2. The van der Waals surface area contributed by atoms with E-state index in [9.17, 15) is 35.6 Å². The molecule has 57 heavy (non-hydrogen) atoms. The van der Waals surface area contributed by atoms with Crippen molar-refractivity contribution in [2.24, 2.45) is 24.9 Å². The van der Waals surface area contributed by atoms with Gasteiger partial charge in [0, 0.05) is 32.7 Å². The zero-order valence-corrected chi connectivity index (χ0v) is 33.4. The van der Waals surface area contributed by atoms with Gasteiger partial charge in [0.1, 0.15) is 11.0 Å². The second-order valence-corrected chi connectivity index (χ2v) is 17.2. The number of hydrogen-bond donors (Lipinski definition) is 2. The third-order valence-electron chi connectivity index (χ3n) is 8.37. The molecule has 0 saturated heterocycles.